The molecule has 26 heavy (non-hydrogen) atoms. The van der Waals surface area contributed by atoms with Gasteiger partial charge in [0, 0.05) is 22.5 Å². The topological polar surface area (TPSA) is 88.4 Å². The highest BCUT2D eigenvalue weighted by molar-refractivity contribution is 7.91. The molecule has 0 radical (unpaired) electrons. The zero-order chi connectivity index (χ0) is 18.3. The molecule has 1 aromatic heterocycles. The summed E-state index contributed by atoms with van der Waals surface area (Å²) in [6.45, 7) is 1.76. The highest BCUT2D eigenvalue weighted by atomic mass is 32.2. The lowest BCUT2D eigenvalue weighted by molar-refractivity contribution is -0.122. The summed E-state index contributed by atoms with van der Waals surface area (Å²) < 4.78 is 28.8. The van der Waals surface area contributed by atoms with Gasteiger partial charge in [-0.1, -0.05) is 18.2 Å². The first-order chi connectivity index (χ1) is 12.4. The average Bonchev–Trinajstić information content (AvgIpc) is 3.14. The Balaban J connectivity index is 1.49. The lowest BCUT2D eigenvalue weighted by Crippen LogP contribution is -2.43. The third-order valence-corrected chi connectivity index (χ3v) is 6.50. The van der Waals surface area contributed by atoms with Gasteiger partial charge in [0.15, 0.2) is 9.84 Å². The summed E-state index contributed by atoms with van der Waals surface area (Å²) in [5, 5.41) is 8.01. The molecule has 136 valence electrons. The molecule has 4 rings (SSSR count). The second kappa shape index (κ2) is 6.32. The van der Waals surface area contributed by atoms with Crippen LogP contribution in [0.15, 0.2) is 46.9 Å². The van der Waals surface area contributed by atoms with E-state index < -0.39 is 15.9 Å². The number of rotatable bonds is 4. The number of fused-ring (bicyclic) bond motifs is 3. The Morgan fingerprint density at radius 2 is 1.92 bits per heavy atom. The number of benzene rings is 2. The number of anilines is 1. The number of sulfone groups is 1. The van der Waals surface area contributed by atoms with Crippen LogP contribution in [0.4, 0.5) is 5.69 Å². The zero-order valence-corrected chi connectivity index (χ0v) is 15.2. The summed E-state index contributed by atoms with van der Waals surface area (Å²) in [6.07, 6.45) is 0.480. The van der Waals surface area contributed by atoms with Crippen molar-refractivity contribution in [2.24, 2.45) is 0 Å². The minimum absolute atomic E-state index is 0.0262. The number of carbonyl (C=O) groups is 1. The predicted octanol–water partition coefficient (Wildman–Crippen LogP) is 2.69. The van der Waals surface area contributed by atoms with Crippen molar-refractivity contribution in [1.82, 2.24) is 5.32 Å². The fourth-order valence-electron chi connectivity index (χ4n) is 3.37. The second-order valence-electron chi connectivity index (χ2n) is 6.78. The van der Waals surface area contributed by atoms with E-state index in [9.17, 15) is 13.2 Å². The Hall–Kier alpha value is -2.54. The maximum absolute atomic E-state index is 12.4. The van der Waals surface area contributed by atoms with E-state index in [1.165, 1.54) is 0 Å². The molecule has 1 aliphatic heterocycles. The van der Waals surface area contributed by atoms with Gasteiger partial charge in [-0.15, -0.1) is 0 Å². The van der Waals surface area contributed by atoms with E-state index in [2.05, 4.69) is 10.6 Å². The van der Waals surface area contributed by atoms with Gasteiger partial charge in [-0.3, -0.25) is 4.79 Å². The molecule has 0 spiro atoms. The monoisotopic (exact) mass is 372 g/mol. The van der Waals surface area contributed by atoms with Crippen LogP contribution in [0.1, 0.15) is 13.3 Å². The van der Waals surface area contributed by atoms with Gasteiger partial charge in [-0.2, -0.15) is 0 Å². The van der Waals surface area contributed by atoms with Gasteiger partial charge in [0.2, 0.25) is 5.91 Å². The Labute approximate surface area is 151 Å². The van der Waals surface area contributed by atoms with E-state index in [1.54, 1.807) is 6.92 Å². The van der Waals surface area contributed by atoms with Crippen molar-refractivity contribution in [2.45, 2.75) is 25.4 Å². The zero-order valence-electron chi connectivity index (χ0n) is 14.4. The van der Waals surface area contributed by atoms with Crippen LogP contribution < -0.4 is 10.6 Å². The number of carbonyl (C=O) groups excluding carboxylic acids is 1. The van der Waals surface area contributed by atoms with E-state index in [1.807, 2.05) is 42.5 Å². The minimum atomic E-state index is -3.01. The smallest absolute Gasteiger partial charge is 0.242 e. The van der Waals surface area contributed by atoms with Crippen LogP contribution in [0.5, 0.6) is 0 Å². The van der Waals surface area contributed by atoms with Crippen molar-refractivity contribution >= 4 is 43.4 Å². The lowest BCUT2D eigenvalue weighted by atomic mass is 10.1. The second-order valence-corrected chi connectivity index (χ2v) is 9.01. The number of nitrogens with one attached hydrogen (secondary N) is 2. The largest absolute Gasteiger partial charge is 0.456 e. The fourth-order valence-corrected chi connectivity index (χ4v) is 5.04. The lowest BCUT2D eigenvalue weighted by Gasteiger charge is -2.18. The number of para-hydroxylation sites is 1. The highest BCUT2D eigenvalue weighted by Gasteiger charge is 2.29. The highest BCUT2D eigenvalue weighted by Crippen LogP contribution is 2.30. The van der Waals surface area contributed by atoms with Gasteiger partial charge in [0.1, 0.15) is 17.2 Å². The molecule has 7 heteroatoms. The molecule has 1 amide bonds. The van der Waals surface area contributed by atoms with Crippen molar-refractivity contribution in [1.29, 1.82) is 0 Å². The molecule has 1 fully saturated rings. The van der Waals surface area contributed by atoms with Gasteiger partial charge in [0.25, 0.3) is 0 Å². The molecular formula is C19H20N2O4S. The Bertz CT molecular complexity index is 1090. The van der Waals surface area contributed by atoms with Gasteiger partial charge in [-0.05, 0) is 37.6 Å². The maximum Gasteiger partial charge on any atom is 0.242 e. The Morgan fingerprint density at radius 1 is 1.15 bits per heavy atom. The number of furan rings is 1. The van der Waals surface area contributed by atoms with Crippen molar-refractivity contribution in [3.8, 4) is 0 Å². The van der Waals surface area contributed by atoms with E-state index in [4.69, 9.17) is 4.42 Å². The molecule has 1 saturated heterocycles. The molecule has 1 aliphatic rings. The number of hydrogen-bond acceptors (Lipinski definition) is 5. The minimum Gasteiger partial charge on any atom is -0.456 e. The van der Waals surface area contributed by atoms with Gasteiger partial charge in [-0.25, -0.2) is 8.42 Å². The Kier molecular flexibility index (Phi) is 4.11. The van der Waals surface area contributed by atoms with Crippen LogP contribution in [0, 0.1) is 0 Å². The maximum atomic E-state index is 12.4. The summed E-state index contributed by atoms with van der Waals surface area (Å²) in [5.41, 5.74) is 2.43. The normalized spacial score (nSPS) is 20.3. The molecule has 0 saturated carbocycles. The van der Waals surface area contributed by atoms with Crippen molar-refractivity contribution in [3.05, 3.63) is 42.5 Å². The molecule has 0 unspecified atom stereocenters. The molecule has 2 aromatic carbocycles. The molecular weight excluding hydrogens is 352 g/mol. The molecule has 2 heterocycles. The number of hydrogen-bond donors (Lipinski definition) is 2. The summed E-state index contributed by atoms with van der Waals surface area (Å²) >= 11 is 0. The summed E-state index contributed by atoms with van der Waals surface area (Å²) in [6, 6.07) is 12.8. The first-order valence-electron chi connectivity index (χ1n) is 8.60. The molecule has 0 aliphatic carbocycles. The SMILES string of the molecule is C[C@@H](Nc1ccc2oc3ccccc3c2c1)C(=O)N[C@@H]1CCS(=O)(=O)C1. The molecule has 3 aromatic rings. The summed E-state index contributed by atoms with van der Waals surface area (Å²) in [5.74, 6) is -0.0353. The molecule has 2 N–H and O–H groups in total. The first-order valence-corrected chi connectivity index (χ1v) is 10.4. The van der Waals surface area contributed by atoms with Gasteiger partial charge < -0.3 is 15.1 Å². The third-order valence-electron chi connectivity index (χ3n) is 4.73. The van der Waals surface area contributed by atoms with Crippen LogP contribution in [0.3, 0.4) is 0 Å². The predicted molar refractivity (Wildman–Crippen MR) is 102 cm³/mol. The van der Waals surface area contributed by atoms with Crippen LogP contribution in [-0.4, -0.2) is 37.9 Å². The fraction of sp³-hybridized carbons (Fsp3) is 0.316. The number of amides is 1. The van der Waals surface area contributed by atoms with E-state index >= 15 is 0 Å². The standard InChI is InChI=1S/C19H20N2O4S/c1-12(19(22)21-14-8-9-26(23,24)11-14)20-13-6-7-18-16(10-13)15-4-2-3-5-17(15)25-18/h2-7,10,12,14,20H,8-9,11H2,1H3,(H,21,22)/t12-,14-/m1/s1. The Morgan fingerprint density at radius 3 is 2.69 bits per heavy atom. The van der Waals surface area contributed by atoms with Crippen LogP contribution in [0.25, 0.3) is 21.9 Å². The van der Waals surface area contributed by atoms with Crippen LogP contribution in [-0.2, 0) is 14.6 Å². The van der Waals surface area contributed by atoms with Crippen molar-refractivity contribution in [3.63, 3.8) is 0 Å². The van der Waals surface area contributed by atoms with Gasteiger partial charge >= 0.3 is 0 Å². The quantitative estimate of drug-likeness (QED) is 0.735. The van der Waals surface area contributed by atoms with E-state index in [0.29, 0.717) is 6.42 Å². The van der Waals surface area contributed by atoms with E-state index in [-0.39, 0.29) is 23.5 Å². The van der Waals surface area contributed by atoms with Crippen molar-refractivity contribution < 1.29 is 17.6 Å². The third kappa shape index (κ3) is 3.26. The molecule has 6 nitrogen and oxygen atoms in total. The van der Waals surface area contributed by atoms with Crippen LogP contribution >= 0.6 is 0 Å². The summed E-state index contributed by atoms with van der Waals surface area (Å²) in [4.78, 5) is 12.4. The van der Waals surface area contributed by atoms with Crippen LogP contribution in [0.2, 0.25) is 0 Å². The molecule has 2 atom stereocenters. The average molecular weight is 372 g/mol. The van der Waals surface area contributed by atoms with Crippen molar-refractivity contribution in [2.75, 3.05) is 16.8 Å². The van der Waals surface area contributed by atoms with E-state index in [0.717, 1.165) is 27.6 Å². The summed E-state index contributed by atoms with van der Waals surface area (Å²) in [7, 11) is -3.01. The molecule has 0 bridgehead atoms. The first kappa shape index (κ1) is 16.9. The van der Waals surface area contributed by atoms with Gasteiger partial charge in [0.05, 0.1) is 11.5 Å².